The molecule has 0 fully saturated rings. The molecule has 0 bridgehead atoms. The number of ketones is 1. The molecule has 4 aromatic heterocycles. The van der Waals surface area contributed by atoms with Gasteiger partial charge in [-0.2, -0.15) is 0 Å². The molecule has 27 heavy (non-hydrogen) atoms. The van der Waals surface area contributed by atoms with E-state index in [-0.39, 0.29) is 18.2 Å². The lowest BCUT2D eigenvalue weighted by atomic mass is 9.89. The zero-order chi connectivity index (χ0) is 18.6. The average Bonchev–Trinajstić information content (AvgIpc) is 3.28. The second-order valence-electron chi connectivity index (χ2n) is 6.98. The van der Waals surface area contributed by atoms with Crippen molar-refractivity contribution in [1.82, 2.24) is 14.4 Å². The summed E-state index contributed by atoms with van der Waals surface area (Å²) in [4.78, 5) is 24.0. The molecule has 0 radical (unpaired) electrons. The fraction of sp³-hybridized carbons (Fsp3) is 0.278. The highest BCUT2D eigenvalue weighted by atomic mass is 79.9. The number of nitrogens with zero attached hydrogens (tertiary/aromatic N) is 3. The number of aromatic nitrogens is 3. The van der Waals surface area contributed by atoms with E-state index < -0.39 is 5.41 Å². The van der Waals surface area contributed by atoms with E-state index in [9.17, 15) is 4.79 Å². The van der Waals surface area contributed by atoms with E-state index in [4.69, 9.17) is 9.40 Å². The van der Waals surface area contributed by atoms with Gasteiger partial charge in [-0.3, -0.25) is 9.20 Å². The van der Waals surface area contributed by atoms with Crippen LogP contribution in [0.25, 0.3) is 27.1 Å². The first-order chi connectivity index (χ1) is 12.3. The monoisotopic (exact) mass is 485 g/mol. The van der Waals surface area contributed by atoms with Gasteiger partial charge in [-0.1, -0.05) is 20.8 Å². The summed E-state index contributed by atoms with van der Waals surface area (Å²) in [6.45, 7) is 7.71. The van der Waals surface area contributed by atoms with E-state index in [0.717, 1.165) is 21.4 Å². The van der Waals surface area contributed by atoms with Gasteiger partial charge in [0.2, 0.25) is 0 Å². The molecule has 0 saturated carbocycles. The van der Waals surface area contributed by atoms with Crippen LogP contribution < -0.4 is 0 Å². The highest BCUT2D eigenvalue weighted by Crippen LogP contribution is 2.39. The number of carbonyl (C=O) groups excluding carboxylic acids is 1. The highest BCUT2D eigenvalue weighted by Gasteiger charge is 2.31. The van der Waals surface area contributed by atoms with E-state index in [1.54, 1.807) is 17.4 Å². The van der Waals surface area contributed by atoms with Crippen LogP contribution in [-0.2, 0) is 0 Å². The molecule has 142 valence electrons. The summed E-state index contributed by atoms with van der Waals surface area (Å²) in [6, 6.07) is 3.63. The summed E-state index contributed by atoms with van der Waals surface area (Å²) in [5.74, 6) is 0.628. The first kappa shape index (κ1) is 20.3. The molecule has 0 spiro atoms. The third kappa shape index (κ3) is 3.51. The molecule has 0 saturated heterocycles. The average molecular weight is 487 g/mol. The molecule has 9 heteroatoms. The number of fused-ring (bicyclic) bond motifs is 1. The molecule has 4 aromatic rings. The fourth-order valence-corrected chi connectivity index (χ4v) is 5.06. The minimum absolute atomic E-state index is 0. The van der Waals surface area contributed by atoms with Crippen molar-refractivity contribution in [3.8, 4) is 22.2 Å². The highest BCUT2D eigenvalue weighted by molar-refractivity contribution is 9.10. The number of thiazole rings is 2. The zero-order valence-corrected chi connectivity index (χ0v) is 19.1. The Balaban J connectivity index is 0.00000210. The van der Waals surface area contributed by atoms with Crippen LogP contribution in [0.4, 0.5) is 0 Å². The summed E-state index contributed by atoms with van der Waals surface area (Å²) < 4.78 is 8.32. The van der Waals surface area contributed by atoms with Gasteiger partial charge in [-0.05, 0) is 35.0 Å². The van der Waals surface area contributed by atoms with Crippen LogP contribution in [0.1, 0.15) is 36.1 Å². The minimum atomic E-state index is -0.507. The lowest BCUT2D eigenvalue weighted by Gasteiger charge is -2.15. The van der Waals surface area contributed by atoms with Crippen LogP contribution in [-0.4, -0.2) is 20.2 Å². The molecule has 0 aromatic carbocycles. The predicted molar refractivity (Wildman–Crippen MR) is 115 cm³/mol. The Hall–Kier alpha value is -1.48. The maximum atomic E-state index is 13.0. The van der Waals surface area contributed by atoms with E-state index in [0.29, 0.717) is 21.0 Å². The Morgan fingerprint density at radius 1 is 1.26 bits per heavy atom. The summed E-state index contributed by atoms with van der Waals surface area (Å²) in [7, 11) is 0. The van der Waals surface area contributed by atoms with E-state index in [2.05, 4.69) is 20.9 Å². The number of aryl methyl sites for hydroxylation is 1. The molecule has 0 unspecified atom stereocenters. The molecule has 4 heterocycles. The Kier molecular flexibility index (Phi) is 5.37. The number of imidazole rings is 1. The summed E-state index contributed by atoms with van der Waals surface area (Å²) >= 11 is 6.30. The van der Waals surface area contributed by atoms with Gasteiger partial charge in [-0.15, -0.1) is 35.1 Å². The number of rotatable bonds is 3. The van der Waals surface area contributed by atoms with Crippen molar-refractivity contribution in [3.05, 3.63) is 39.0 Å². The maximum Gasteiger partial charge on any atom is 0.194 e. The number of hydrogen-bond donors (Lipinski definition) is 0. The summed E-state index contributed by atoms with van der Waals surface area (Å²) in [6.07, 6.45) is 1.98. The van der Waals surface area contributed by atoms with E-state index in [1.165, 1.54) is 11.3 Å². The Bertz CT molecular complexity index is 1130. The maximum absolute atomic E-state index is 13.0. The minimum Gasteiger partial charge on any atom is -0.448 e. The van der Waals surface area contributed by atoms with Crippen molar-refractivity contribution in [3.63, 3.8) is 0 Å². The first-order valence-electron chi connectivity index (χ1n) is 7.99. The molecular weight excluding hydrogens is 470 g/mol. The van der Waals surface area contributed by atoms with Crippen LogP contribution in [0.5, 0.6) is 0 Å². The van der Waals surface area contributed by atoms with Crippen molar-refractivity contribution in [1.29, 1.82) is 0 Å². The van der Waals surface area contributed by atoms with Crippen molar-refractivity contribution in [2.24, 2.45) is 5.41 Å². The van der Waals surface area contributed by atoms with Crippen LogP contribution >= 0.6 is 51.0 Å². The second-order valence-corrected chi connectivity index (χ2v) is 9.63. The second kappa shape index (κ2) is 7.16. The van der Waals surface area contributed by atoms with Crippen LogP contribution in [0.3, 0.4) is 0 Å². The van der Waals surface area contributed by atoms with Gasteiger partial charge in [0.15, 0.2) is 21.2 Å². The van der Waals surface area contributed by atoms with E-state index in [1.807, 2.05) is 49.7 Å². The fourth-order valence-electron chi connectivity index (χ4n) is 2.68. The summed E-state index contributed by atoms with van der Waals surface area (Å²) in [5.41, 5.74) is 1.89. The number of Topliss-reactive ketones (excluding diaryl/α,β-unsaturated/α-hetero) is 1. The topological polar surface area (TPSA) is 60.4 Å². The van der Waals surface area contributed by atoms with Gasteiger partial charge in [0.1, 0.15) is 21.3 Å². The van der Waals surface area contributed by atoms with Gasteiger partial charge in [0.05, 0.1) is 5.69 Å². The Morgan fingerprint density at radius 3 is 2.63 bits per heavy atom. The first-order valence-corrected chi connectivity index (χ1v) is 10.5. The van der Waals surface area contributed by atoms with Crippen molar-refractivity contribution in [2.75, 3.05) is 0 Å². The quantitative estimate of drug-likeness (QED) is 0.310. The number of carbonyl (C=O) groups is 1. The SMILES string of the molecule is Cc1nc2sccn2c1-c1nc(-c2ccc(Br)o2)c(C(=O)C(C)(C)C)s1.Cl. The molecule has 0 atom stereocenters. The lowest BCUT2D eigenvalue weighted by Crippen LogP contribution is -2.19. The lowest BCUT2D eigenvalue weighted by molar-refractivity contribution is 0.0863. The van der Waals surface area contributed by atoms with Gasteiger partial charge < -0.3 is 4.42 Å². The van der Waals surface area contributed by atoms with Gasteiger partial charge in [0, 0.05) is 17.0 Å². The number of furan rings is 1. The van der Waals surface area contributed by atoms with Gasteiger partial charge >= 0.3 is 0 Å². The molecule has 0 aliphatic carbocycles. The van der Waals surface area contributed by atoms with Crippen molar-refractivity contribution in [2.45, 2.75) is 27.7 Å². The van der Waals surface area contributed by atoms with Gasteiger partial charge in [-0.25, -0.2) is 9.97 Å². The smallest absolute Gasteiger partial charge is 0.194 e. The van der Waals surface area contributed by atoms with Crippen LogP contribution in [0, 0.1) is 12.3 Å². The molecule has 4 rings (SSSR count). The number of halogens is 2. The third-order valence-electron chi connectivity index (χ3n) is 3.96. The molecule has 0 aliphatic heterocycles. The van der Waals surface area contributed by atoms with Crippen molar-refractivity contribution < 1.29 is 9.21 Å². The third-order valence-corrected chi connectivity index (χ3v) is 6.20. The van der Waals surface area contributed by atoms with Crippen LogP contribution in [0.2, 0.25) is 0 Å². The van der Waals surface area contributed by atoms with Crippen LogP contribution in [0.15, 0.2) is 32.8 Å². The van der Waals surface area contributed by atoms with E-state index >= 15 is 0 Å². The zero-order valence-electron chi connectivity index (χ0n) is 15.1. The van der Waals surface area contributed by atoms with Gasteiger partial charge in [0.25, 0.3) is 0 Å². The Labute approximate surface area is 179 Å². The predicted octanol–water partition coefficient (Wildman–Crippen LogP) is 6.50. The Morgan fingerprint density at radius 2 is 2.00 bits per heavy atom. The molecule has 0 N–H and O–H groups in total. The number of hydrogen-bond acceptors (Lipinski definition) is 6. The summed E-state index contributed by atoms with van der Waals surface area (Å²) in [5, 5.41) is 2.76. The molecule has 5 nitrogen and oxygen atoms in total. The van der Waals surface area contributed by atoms with Crippen molar-refractivity contribution >= 4 is 61.8 Å². The largest absolute Gasteiger partial charge is 0.448 e. The normalized spacial score (nSPS) is 11.7. The molecular formula is C18H17BrClN3O2S2. The molecule has 0 aliphatic rings. The molecule has 0 amide bonds. The standard InChI is InChI=1S/C18H16BrN3O2S2.ClH/c1-9-13(22-7-8-25-17(22)20-9)16-21-12(10-5-6-11(19)24-10)14(26-16)15(23)18(2,3)4;/h5-8H,1-4H3;1H.